The molecular weight excluding hydrogens is 334 g/mol. The van der Waals surface area contributed by atoms with Gasteiger partial charge in [0.1, 0.15) is 12.9 Å². The molecule has 0 aliphatic rings. The van der Waals surface area contributed by atoms with Gasteiger partial charge in [0.25, 0.3) is 0 Å². The van der Waals surface area contributed by atoms with Crippen molar-refractivity contribution in [1.29, 1.82) is 0 Å². The van der Waals surface area contributed by atoms with E-state index >= 15 is 0 Å². The molecule has 8 heteroatoms. The van der Waals surface area contributed by atoms with Gasteiger partial charge in [0, 0.05) is 13.1 Å². The average Bonchev–Trinajstić information content (AvgIpc) is 3.14. The molecule has 1 amide bonds. The summed E-state index contributed by atoms with van der Waals surface area (Å²) in [5, 5.41) is 10.9. The molecule has 1 aromatic heterocycles. The van der Waals surface area contributed by atoms with Crippen molar-refractivity contribution < 1.29 is 14.3 Å². The normalized spacial score (nSPS) is 10.6. The number of tetrazole rings is 1. The molecule has 1 heterocycles. The van der Waals surface area contributed by atoms with Gasteiger partial charge in [0.05, 0.1) is 13.2 Å². The largest absolute Gasteiger partial charge is 0.490 e. The van der Waals surface area contributed by atoms with E-state index in [2.05, 4.69) is 22.4 Å². The summed E-state index contributed by atoms with van der Waals surface area (Å²) in [4.78, 5) is 14.4. The maximum Gasteiger partial charge on any atom is 0.244 e. The van der Waals surface area contributed by atoms with E-state index < -0.39 is 0 Å². The van der Waals surface area contributed by atoms with Crippen molar-refractivity contribution in [2.24, 2.45) is 0 Å². The van der Waals surface area contributed by atoms with Gasteiger partial charge in [0.15, 0.2) is 11.5 Å². The lowest BCUT2D eigenvalue weighted by atomic mass is 10.1. The second-order valence-electron chi connectivity index (χ2n) is 5.89. The van der Waals surface area contributed by atoms with Crippen LogP contribution in [0.2, 0.25) is 0 Å². The van der Waals surface area contributed by atoms with Gasteiger partial charge in [-0.25, -0.2) is 4.68 Å². The highest BCUT2D eigenvalue weighted by Gasteiger charge is 2.16. The highest BCUT2D eigenvalue weighted by Crippen LogP contribution is 2.29. The van der Waals surface area contributed by atoms with E-state index in [1.165, 1.54) is 11.0 Å². The van der Waals surface area contributed by atoms with E-state index in [0.717, 1.165) is 24.2 Å². The van der Waals surface area contributed by atoms with Gasteiger partial charge < -0.3 is 14.4 Å². The third-order valence-corrected chi connectivity index (χ3v) is 3.68. The first-order valence-corrected chi connectivity index (χ1v) is 9.04. The molecule has 0 N–H and O–H groups in total. The molecule has 142 valence electrons. The monoisotopic (exact) mass is 361 g/mol. The number of nitrogens with zero attached hydrogens (tertiary/aromatic N) is 5. The molecule has 0 unspecified atom stereocenters. The predicted octanol–water partition coefficient (Wildman–Crippen LogP) is 2.30. The summed E-state index contributed by atoms with van der Waals surface area (Å²) in [7, 11) is 0. The minimum absolute atomic E-state index is 0.0246. The third-order valence-electron chi connectivity index (χ3n) is 3.68. The Morgan fingerprint density at radius 1 is 1.15 bits per heavy atom. The van der Waals surface area contributed by atoms with Gasteiger partial charge >= 0.3 is 0 Å². The van der Waals surface area contributed by atoms with Crippen LogP contribution in [-0.2, 0) is 17.9 Å². The lowest BCUT2D eigenvalue weighted by Crippen LogP contribution is -2.34. The molecule has 0 atom stereocenters. The fourth-order valence-electron chi connectivity index (χ4n) is 2.52. The molecular formula is C18H27N5O3. The van der Waals surface area contributed by atoms with Crippen molar-refractivity contribution in [3.05, 3.63) is 30.1 Å². The first-order chi connectivity index (χ1) is 12.7. The first kappa shape index (κ1) is 19.7. The zero-order valence-electron chi connectivity index (χ0n) is 15.7. The highest BCUT2D eigenvalue weighted by molar-refractivity contribution is 5.75. The van der Waals surface area contributed by atoms with Crippen LogP contribution in [-0.4, -0.2) is 50.8 Å². The molecule has 0 aliphatic heterocycles. The summed E-state index contributed by atoms with van der Waals surface area (Å²) in [6.07, 6.45) is 3.25. The number of ether oxygens (including phenoxy) is 2. The Bertz CT molecular complexity index is 675. The predicted molar refractivity (Wildman–Crippen MR) is 96.9 cm³/mol. The first-order valence-electron chi connectivity index (χ1n) is 9.04. The molecule has 0 fully saturated rings. The van der Waals surface area contributed by atoms with Crippen LogP contribution < -0.4 is 9.47 Å². The Morgan fingerprint density at radius 3 is 2.65 bits per heavy atom. The lowest BCUT2D eigenvalue weighted by molar-refractivity contribution is -0.132. The minimum Gasteiger partial charge on any atom is -0.490 e. The van der Waals surface area contributed by atoms with Gasteiger partial charge in [-0.3, -0.25) is 4.79 Å². The maximum atomic E-state index is 12.6. The summed E-state index contributed by atoms with van der Waals surface area (Å²) in [6.45, 7) is 8.55. The molecule has 26 heavy (non-hydrogen) atoms. The summed E-state index contributed by atoms with van der Waals surface area (Å²) < 4.78 is 12.9. The number of hydrogen-bond donors (Lipinski definition) is 0. The number of amides is 1. The van der Waals surface area contributed by atoms with Crippen molar-refractivity contribution in [2.45, 2.75) is 46.7 Å². The van der Waals surface area contributed by atoms with E-state index in [1.54, 1.807) is 4.90 Å². The van der Waals surface area contributed by atoms with E-state index in [-0.39, 0.29) is 12.5 Å². The topological polar surface area (TPSA) is 82.4 Å². The van der Waals surface area contributed by atoms with Gasteiger partial charge in [-0.2, -0.15) is 0 Å². The summed E-state index contributed by atoms with van der Waals surface area (Å²) in [5.41, 5.74) is 0.996. The van der Waals surface area contributed by atoms with Crippen LogP contribution in [0.5, 0.6) is 11.5 Å². The van der Waals surface area contributed by atoms with Crippen LogP contribution in [0.1, 0.15) is 39.2 Å². The van der Waals surface area contributed by atoms with Crippen molar-refractivity contribution in [3.63, 3.8) is 0 Å². The minimum atomic E-state index is -0.0246. The van der Waals surface area contributed by atoms with Crippen LogP contribution in [0.15, 0.2) is 24.5 Å². The summed E-state index contributed by atoms with van der Waals surface area (Å²) in [6, 6.07) is 5.83. The summed E-state index contributed by atoms with van der Waals surface area (Å²) in [5.74, 6) is 1.42. The van der Waals surface area contributed by atoms with E-state index in [9.17, 15) is 4.79 Å². The standard InChI is InChI=1S/C18H27N5O3/c1-4-9-22(18(24)13-23-14-19-20-21-23)12-15-7-8-16(26-10-5-2)17(11-15)25-6-3/h7-8,11,14H,4-6,9-10,12-13H2,1-3H3. The van der Waals surface area contributed by atoms with Crippen LogP contribution in [0.3, 0.4) is 0 Å². The van der Waals surface area contributed by atoms with Crippen LogP contribution in [0.25, 0.3) is 0 Å². The van der Waals surface area contributed by atoms with Crippen LogP contribution in [0, 0.1) is 0 Å². The van der Waals surface area contributed by atoms with Gasteiger partial charge in [-0.1, -0.05) is 19.9 Å². The molecule has 1 aromatic carbocycles. The Kier molecular flexibility index (Phi) is 7.85. The number of aromatic nitrogens is 4. The van der Waals surface area contributed by atoms with E-state index in [4.69, 9.17) is 9.47 Å². The molecule has 0 radical (unpaired) electrons. The smallest absolute Gasteiger partial charge is 0.244 e. The van der Waals surface area contributed by atoms with Crippen molar-refractivity contribution >= 4 is 5.91 Å². The number of carbonyl (C=O) groups excluding carboxylic acids is 1. The zero-order chi connectivity index (χ0) is 18.8. The summed E-state index contributed by atoms with van der Waals surface area (Å²) >= 11 is 0. The number of hydrogen-bond acceptors (Lipinski definition) is 6. The fraction of sp³-hybridized carbons (Fsp3) is 0.556. The number of carbonyl (C=O) groups is 1. The molecule has 0 aliphatic carbocycles. The molecule has 0 spiro atoms. The number of benzene rings is 1. The Morgan fingerprint density at radius 2 is 2.00 bits per heavy atom. The van der Waals surface area contributed by atoms with Crippen LogP contribution >= 0.6 is 0 Å². The second-order valence-corrected chi connectivity index (χ2v) is 5.89. The van der Waals surface area contributed by atoms with Gasteiger partial charge in [-0.05, 0) is 47.9 Å². The molecule has 0 bridgehead atoms. The fourth-order valence-corrected chi connectivity index (χ4v) is 2.52. The van der Waals surface area contributed by atoms with Gasteiger partial charge in [-0.15, -0.1) is 5.10 Å². The van der Waals surface area contributed by atoms with Crippen molar-refractivity contribution in [1.82, 2.24) is 25.1 Å². The molecule has 0 saturated carbocycles. The SMILES string of the molecule is CCCOc1ccc(CN(CCC)C(=O)Cn2cnnn2)cc1OCC. The average molecular weight is 361 g/mol. The Balaban J connectivity index is 2.11. The Labute approximate surface area is 154 Å². The zero-order valence-corrected chi connectivity index (χ0v) is 15.7. The highest BCUT2D eigenvalue weighted by atomic mass is 16.5. The van der Waals surface area contributed by atoms with Crippen LogP contribution in [0.4, 0.5) is 0 Å². The second kappa shape index (κ2) is 10.4. The van der Waals surface area contributed by atoms with Crippen molar-refractivity contribution in [2.75, 3.05) is 19.8 Å². The maximum absolute atomic E-state index is 12.6. The molecule has 0 saturated heterocycles. The van der Waals surface area contributed by atoms with E-state index in [0.29, 0.717) is 32.1 Å². The van der Waals surface area contributed by atoms with E-state index in [1.807, 2.05) is 32.0 Å². The van der Waals surface area contributed by atoms with Crippen molar-refractivity contribution in [3.8, 4) is 11.5 Å². The molecule has 2 aromatic rings. The molecule has 2 rings (SSSR count). The molecule has 8 nitrogen and oxygen atoms in total. The van der Waals surface area contributed by atoms with Gasteiger partial charge in [0.2, 0.25) is 5.91 Å². The number of rotatable bonds is 11. The quantitative estimate of drug-likeness (QED) is 0.611. The third kappa shape index (κ3) is 5.72. The lowest BCUT2D eigenvalue weighted by Gasteiger charge is -2.23. The Hall–Kier alpha value is -2.64.